The first-order valence-electron chi connectivity index (χ1n) is 6.70. The van der Waals surface area contributed by atoms with Crippen LogP contribution in [0.4, 0.5) is 0 Å². The average molecular weight is 281 g/mol. The number of esters is 1. The van der Waals surface area contributed by atoms with Crippen LogP contribution in [0.3, 0.4) is 0 Å². The van der Waals surface area contributed by atoms with Crippen molar-refractivity contribution in [1.82, 2.24) is 0 Å². The van der Waals surface area contributed by atoms with Gasteiger partial charge in [-0.15, -0.1) is 0 Å². The van der Waals surface area contributed by atoms with Crippen LogP contribution in [0.15, 0.2) is 12.1 Å². The maximum atomic E-state index is 11.8. The zero-order valence-corrected chi connectivity index (χ0v) is 12.2. The summed E-state index contributed by atoms with van der Waals surface area (Å²) in [6, 6.07) is 3.18. The van der Waals surface area contributed by atoms with Crippen molar-refractivity contribution in [3.05, 3.63) is 24.6 Å². The zero-order chi connectivity index (χ0) is 15.0. The Morgan fingerprint density at radius 1 is 1.00 bits per heavy atom. The Morgan fingerprint density at radius 3 is 1.90 bits per heavy atom. The second-order valence-corrected chi connectivity index (χ2v) is 3.74. The van der Waals surface area contributed by atoms with E-state index < -0.39 is 5.97 Å². The molecule has 0 bridgehead atoms. The van der Waals surface area contributed by atoms with Gasteiger partial charge in [-0.05, 0) is 39.8 Å². The molecule has 0 spiro atoms. The number of carbonyl (C=O) groups is 1. The smallest absolute Gasteiger partial charge is 0.338 e. The Hall–Kier alpha value is -1.91. The molecule has 0 aliphatic heterocycles. The highest BCUT2D eigenvalue weighted by Gasteiger charge is 2.18. The molecule has 0 aromatic heterocycles. The van der Waals surface area contributed by atoms with E-state index in [-0.39, 0.29) is 6.61 Å². The number of hydrogen-bond acceptors (Lipinski definition) is 5. The molecule has 5 heteroatoms. The van der Waals surface area contributed by atoms with Gasteiger partial charge in [0.2, 0.25) is 5.75 Å². The molecule has 0 unspecified atom stereocenters. The fraction of sp³-hybridized carbons (Fsp3) is 0.467. The fourth-order valence-electron chi connectivity index (χ4n) is 1.68. The van der Waals surface area contributed by atoms with Gasteiger partial charge in [-0.1, -0.05) is 0 Å². The summed E-state index contributed by atoms with van der Waals surface area (Å²) in [6.07, 6.45) is 0. The molecule has 1 aromatic carbocycles. The van der Waals surface area contributed by atoms with E-state index in [9.17, 15) is 4.79 Å². The van der Waals surface area contributed by atoms with E-state index in [0.29, 0.717) is 42.6 Å². The van der Waals surface area contributed by atoms with Gasteiger partial charge in [-0.2, -0.15) is 0 Å². The van der Waals surface area contributed by atoms with E-state index in [0.717, 1.165) is 0 Å². The maximum absolute atomic E-state index is 11.8. The molecular weight excluding hydrogens is 260 g/mol. The van der Waals surface area contributed by atoms with E-state index >= 15 is 0 Å². The molecule has 0 amide bonds. The molecule has 0 aliphatic carbocycles. The second-order valence-electron chi connectivity index (χ2n) is 3.74. The average Bonchev–Trinajstić information content (AvgIpc) is 2.43. The van der Waals surface area contributed by atoms with Gasteiger partial charge in [0.15, 0.2) is 11.5 Å². The summed E-state index contributed by atoms with van der Waals surface area (Å²) in [6.45, 7) is 10.5. The quantitative estimate of drug-likeness (QED) is 0.686. The lowest BCUT2D eigenvalue weighted by Gasteiger charge is -2.16. The summed E-state index contributed by atoms with van der Waals surface area (Å²) in [5, 5.41) is 0. The standard InChI is InChI=1S/C15H21O5/c1-5-17-12-9-11(15(16)20-8-4)10-13(18-6-2)14(12)19-7-3/h9-10H,4-8H2,1-3H3. The van der Waals surface area contributed by atoms with Gasteiger partial charge in [0.1, 0.15) is 0 Å². The highest BCUT2D eigenvalue weighted by atomic mass is 16.5. The first kappa shape index (κ1) is 16.1. The van der Waals surface area contributed by atoms with E-state index in [1.54, 1.807) is 12.1 Å². The van der Waals surface area contributed by atoms with E-state index in [1.165, 1.54) is 0 Å². The summed E-state index contributed by atoms with van der Waals surface area (Å²) in [4.78, 5) is 11.8. The van der Waals surface area contributed by atoms with Crippen molar-refractivity contribution in [2.75, 3.05) is 26.4 Å². The lowest BCUT2D eigenvalue weighted by Crippen LogP contribution is -2.08. The molecule has 0 N–H and O–H groups in total. The Labute approximate surface area is 119 Å². The van der Waals surface area contributed by atoms with Gasteiger partial charge in [-0.25, -0.2) is 4.79 Å². The molecule has 0 saturated carbocycles. The van der Waals surface area contributed by atoms with Gasteiger partial charge >= 0.3 is 5.97 Å². The predicted octanol–water partition coefficient (Wildman–Crippen LogP) is 2.87. The maximum Gasteiger partial charge on any atom is 0.338 e. The normalized spacial score (nSPS) is 10.0. The van der Waals surface area contributed by atoms with Crippen LogP contribution in [-0.4, -0.2) is 32.4 Å². The second kappa shape index (κ2) is 8.30. The predicted molar refractivity (Wildman–Crippen MR) is 75.6 cm³/mol. The van der Waals surface area contributed by atoms with Gasteiger partial charge < -0.3 is 18.9 Å². The SMILES string of the molecule is [CH2]COC(=O)c1cc(OCC)c(OCC)c(OCC)c1. The number of carbonyl (C=O) groups excluding carboxylic acids is 1. The third kappa shape index (κ3) is 4.05. The lowest BCUT2D eigenvalue weighted by molar-refractivity contribution is 0.0546. The van der Waals surface area contributed by atoms with Crippen LogP contribution in [0.1, 0.15) is 31.1 Å². The molecular formula is C15H21O5. The third-order valence-electron chi connectivity index (χ3n) is 2.38. The summed E-state index contributed by atoms with van der Waals surface area (Å²) >= 11 is 0. The Bertz CT molecular complexity index is 415. The van der Waals surface area contributed by atoms with Crippen molar-refractivity contribution in [3.8, 4) is 17.2 Å². The van der Waals surface area contributed by atoms with Gasteiger partial charge in [0.05, 0.1) is 32.0 Å². The molecule has 1 radical (unpaired) electrons. The van der Waals surface area contributed by atoms with E-state index in [1.807, 2.05) is 20.8 Å². The van der Waals surface area contributed by atoms with Crippen molar-refractivity contribution in [2.24, 2.45) is 0 Å². The van der Waals surface area contributed by atoms with Crippen LogP contribution >= 0.6 is 0 Å². The van der Waals surface area contributed by atoms with Crippen LogP contribution in [0.2, 0.25) is 0 Å². The molecule has 0 aliphatic rings. The van der Waals surface area contributed by atoms with E-state index in [4.69, 9.17) is 18.9 Å². The highest BCUT2D eigenvalue weighted by molar-refractivity contribution is 5.91. The largest absolute Gasteiger partial charge is 0.490 e. The third-order valence-corrected chi connectivity index (χ3v) is 2.38. The number of ether oxygens (including phenoxy) is 4. The van der Waals surface area contributed by atoms with Crippen molar-refractivity contribution in [1.29, 1.82) is 0 Å². The van der Waals surface area contributed by atoms with Crippen LogP contribution in [0, 0.1) is 6.92 Å². The topological polar surface area (TPSA) is 54.0 Å². The first-order valence-corrected chi connectivity index (χ1v) is 6.70. The van der Waals surface area contributed by atoms with Crippen LogP contribution in [-0.2, 0) is 4.74 Å². The Kier molecular flexibility index (Phi) is 6.70. The molecule has 20 heavy (non-hydrogen) atoms. The number of benzene rings is 1. The molecule has 5 nitrogen and oxygen atoms in total. The molecule has 0 saturated heterocycles. The monoisotopic (exact) mass is 281 g/mol. The van der Waals surface area contributed by atoms with Crippen LogP contribution in [0.5, 0.6) is 17.2 Å². The zero-order valence-electron chi connectivity index (χ0n) is 12.2. The van der Waals surface area contributed by atoms with Gasteiger partial charge in [0, 0.05) is 0 Å². The summed E-state index contributed by atoms with van der Waals surface area (Å²) < 4.78 is 21.5. The van der Waals surface area contributed by atoms with Crippen molar-refractivity contribution in [3.63, 3.8) is 0 Å². The Balaban J connectivity index is 3.25. The fourth-order valence-corrected chi connectivity index (χ4v) is 1.68. The first-order chi connectivity index (χ1) is 9.67. The molecule has 1 aromatic rings. The molecule has 0 atom stereocenters. The lowest BCUT2D eigenvalue weighted by atomic mass is 10.2. The molecule has 0 heterocycles. The molecule has 1 rings (SSSR count). The Morgan fingerprint density at radius 2 is 1.50 bits per heavy atom. The highest BCUT2D eigenvalue weighted by Crippen LogP contribution is 2.39. The number of hydrogen-bond donors (Lipinski definition) is 0. The molecule has 111 valence electrons. The van der Waals surface area contributed by atoms with Crippen LogP contribution < -0.4 is 14.2 Å². The van der Waals surface area contributed by atoms with Crippen molar-refractivity contribution < 1.29 is 23.7 Å². The van der Waals surface area contributed by atoms with Crippen LogP contribution in [0.25, 0.3) is 0 Å². The summed E-state index contributed by atoms with van der Waals surface area (Å²) in [5.41, 5.74) is 0.351. The van der Waals surface area contributed by atoms with Crippen molar-refractivity contribution >= 4 is 5.97 Å². The summed E-state index contributed by atoms with van der Waals surface area (Å²) in [5.74, 6) is 0.972. The van der Waals surface area contributed by atoms with Gasteiger partial charge in [-0.3, -0.25) is 0 Å². The molecule has 0 fully saturated rings. The minimum Gasteiger partial charge on any atom is -0.490 e. The summed E-state index contributed by atoms with van der Waals surface area (Å²) in [7, 11) is 0. The minimum absolute atomic E-state index is 0.0694. The van der Waals surface area contributed by atoms with Gasteiger partial charge in [0.25, 0.3) is 0 Å². The number of rotatable bonds is 8. The van der Waals surface area contributed by atoms with E-state index in [2.05, 4.69) is 6.92 Å². The minimum atomic E-state index is -0.468. The van der Waals surface area contributed by atoms with Crippen molar-refractivity contribution in [2.45, 2.75) is 20.8 Å².